The van der Waals surface area contributed by atoms with Crippen molar-refractivity contribution < 1.29 is 0 Å². The molecule has 2 aromatic rings. The topological polar surface area (TPSA) is 96.3 Å². The number of rotatable bonds is 3. The van der Waals surface area contributed by atoms with Crippen LogP contribution in [0, 0.1) is 0 Å². The van der Waals surface area contributed by atoms with Crippen LogP contribution in [0.1, 0.15) is 17.6 Å². The molecule has 0 aliphatic rings. The van der Waals surface area contributed by atoms with Crippen LogP contribution in [0.3, 0.4) is 0 Å². The van der Waals surface area contributed by atoms with Crippen LogP contribution in [0.5, 0.6) is 0 Å². The fraction of sp³-hybridized carbons (Fsp3) is 0.286. The minimum absolute atomic E-state index is 0.164. The van der Waals surface area contributed by atoms with E-state index in [1.165, 1.54) is 6.33 Å². The van der Waals surface area contributed by atoms with E-state index in [1.807, 2.05) is 0 Å². The average molecular weight is 178 g/mol. The summed E-state index contributed by atoms with van der Waals surface area (Å²) < 4.78 is 0. The summed E-state index contributed by atoms with van der Waals surface area (Å²) in [7, 11) is 0. The van der Waals surface area contributed by atoms with E-state index >= 15 is 0 Å². The van der Waals surface area contributed by atoms with Gasteiger partial charge in [0.25, 0.3) is 0 Å². The number of hydrogen-bond acceptors (Lipinski definition) is 4. The summed E-state index contributed by atoms with van der Waals surface area (Å²) in [4.78, 5) is 10.8. The highest BCUT2D eigenvalue weighted by atomic mass is 15.2. The minimum Gasteiger partial charge on any atom is -0.348 e. The van der Waals surface area contributed by atoms with Crippen LogP contribution < -0.4 is 5.73 Å². The fourth-order valence-electron chi connectivity index (χ4n) is 1.12. The molecule has 0 fully saturated rings. The first-order valence-corrected chi connectivity index (χ1v) is 3.94. The third-order valence-corrected chi connectivity index (χ3v) is 1.78. The quantitative estimate of drug-likeness (QED) is 0.604. The molecule has 0 aliphatic heterocycles. The van der Waals surface area contributed by atoms with Crippen molar-refractivity contribution in [3.63, 3.8) is 0 Å². The second-order valence-electron chi connectivity index (χ2n) is 2.76. The van der Waals surface area contributed by atoms with Crippen LogP contribution in [0.2, 0.25) is 0 Å². The SMILES string of the molecule is N[C@@H](Cc1cnc[nH]1)c1ncn[nH]1. The van der Waals surface area contributed by atoms with E-state index in [9.17, 15) is 0 Å². The molecule has 0 saturated carbocycles. The van der Waals surface area contributed by atoms with Crippen molar-refractivity contribution in [3.8, 4) is 0 Å². The molecule has 4 N–H and O–H groups in total. The maximum Gasteiger partial charge on any atom is 0.141 e. The molecule has 0 saturated heterocycles. The summed E-state index contributed by atoms with van der Waals surface area (Å²) in [5, 5.41) is 6.46. The van der Waals surface area contributed by atoms with Crippen molar-refractivity contribution in [1.82, 2.24) is 25.1 Å². The molecule has 2 heterocycles. The number of nitrogens with one attached hydrogen (secondary N) is 2. The highest BCUT2D eigenvalue weighted by molar-refractivity contribution is 5.02. The lowest BCUT2D eigenvalue weighted by Gasteiger charge is -2.04. The Kier molecular flexibility index (Phi) is 2.05. The van der Waals surface area contributed by atoms with Gasteiger partial charge >= 0.3 is 0 Å². The third-order valence-electron chi connectivity index (χ3n) is 1.78. The van der Waals surface area contributed by atoms with E-state index < -0.39 is 0 Å². The highest BCUT2D eigenvalue weighted by Gasteiger charge is 2.09. The van der Waals surface area contributed by atoms with E-state index in [2.05, 4.69) is 25.1 Å². The van der Waals surface area contributed by atoms with Crippen LogP contribution in [0.4, 0.5) is 0 Å². The van der Waals surface area contributed by atoms with E-state index in [0.29, 0.717) is 12.2 Å². The Hall–Kier alpha value is -1.69. The molecule has 0 unspecified atom stereocenters. The zero-order valence-electron chi connectivity index (χ0n) is 6.94. The lowest BCUT2D eigenvalue weighted by molar-refractivity contribution is 0.662. The molecule has 1 atom stereocenters. The molecule has 6 nitrogen and oxygen atoms in total. The third kappa shape index (κ3) is 1.73. The lowest BCUT2D eigenvalue weighted by Crippen LogP contribution is -2.15. The summed E-state index contributed by atoms with van der Waals surface area (Å²) in [6.45, 7) is 0. The number of imidazole rings is 1. The van der Waals surface area contributed by atoms with Gasteiger partial charge in [-0.1, -0.05) is 0 Å². The van der Waals surface area contributed by atoms with Crippen molar-refractivity contribution in [2.24, 2.45) is 5.73 Å². The molecule has 0 spiro atoms. The molecule has 13 heavy (non-hydrogen) atoms. The van der Waals surface area contributed by atoms with Gasteiger partial charge in [-0.25, -0.2) is 9.97 Å². The molecule has 0 amide bonds. The number of aromatic amines is 2. The maximum absolute atomic E-state index is 5.85. The predicted molar refractivity (Wildman–Crippen MR) is 45.6 cm³/mol. The van der Waals surface area contributed by atoms with Crippen LogP contribution in [-0.4, -0.2) is 25.1 Å². The molecule has 0 aliphatic carbocycles. The molecule has 6 heteroatoms. The first-order chi connectivity index (χ1) is 6.36. The predicted octanol–water partition coefficient (Wildman–Crippen LogP) is -0.230. The zero-order chi connectivity index (χ0) is 9.10. The number of hydrogen-bond donors (Lipinski definition) is 3. The van der Waals surface area contributed by atoms with Gasteiger partial charge in [0, 0.05) is 18.3 Å². The molecule has 0 aromatic carbocycles. The first kappa shape index (κ1) is 7.93. The summed E-state index contributed by atoms with van der Waals surface area (Å²) in [6.07, 6.45) is 5.50. The van der Waals surface area contributed by atoms with Crippen molar-refractivity contribution in [2.45, 2.75) is 12.5 Å². The second-order valence-corrected chi connectivity index (χ2v) is 2.76. The summed E-state index contributed by atoms with van der Waals surface area (Å²) in [5.41, 5.74) is 6.84. The smallest absolute Gasteiger partial charge is 0.141 e. The van der Waals surface area contributed by atoms with Gasteiger partial charge in [0.15, 0.2) is 0 Å². The number of nitrogens with zero attached hydrogens (tertiary/aromatic N) is 3. The normalized spacial score (nSPS) is 13.0. The van der Waals surface area contributed by atoms with Gasteiger partial charge in [-0.05, 0) is 0 Å². The number of nitrogens with two attached hydrogens (primary N) is 1. The second kappa shape index (κ2) is 3.36. The van der Waals surface area contributed by atoms with Crippen LogP contribution in [-0.2, 0) is 6.42 Å². The Balaban J connectivity index is 2.04. The fourth-order valence-corrected chi connectivity index (χ4v) is 1.12. The molecule has 0 radical (unpaired) electrons. The van der Waals surface area contributed by atoms with E-state index in [4.69, 9.17) is 5.73 Å². The van der Waals surface area contributed by atoms with E-state index in [0.717, 1.165) is 5.69 Å². The van der Waals surface area contributed by atoms with E-state index in [-0.39, 0.29) is 6.04 Å². The molecule has 2 aromatic heterocycles. The van der Waals surface area contributed by atoms with Crippen LogP contribution in [0.15, 0.2) is 18.9 Å². The number of aromatic nitrogens is 5. The lowest BCUT2D eigenvalue weighted by atomic mass is 10.2. The number of H-pyrrole nitrogens is 2. The van der Waals surface area contributed by atoms with Crippen LogP contribution in [0.25, 0.3) is 0 Å². The van der Waals surface area contributed by atoms with Crippen molar-refractivity contribution in [3.05, 3.63) is 30.4 Å². The largest absolute Gasteiger partial charge is 0.348 e. The zero-order valence-corrected chi connectivity index (χ0v) is 6.94. The Morgan fingerprint density at radius 3 is 3.08 bits per heavy atom. The van der Waals surface area contributed by atoms with Gasteiger partial charge in [0.2, 0.25) is 0 Å². The maximum atomic E-state index is 5.85. The molecule has 68 valence electrons. The van der Waals surface area contributed by atoms with Gasteiger partial charge in [-0.3, -0.25) is 5.10 Å². The first-order valence-electron chi connectivity index (χ1n) is 3.94. The molecular formula is C7H10N6. The van der Waals surface area contributed by atoms with Crippen molar-refractivity contribution in [1.29, 1.82) is 0 Å². The molecular weight excluding hydrogens is 168 g/mol. The molecule has 0 bridgehead atoms. The summed E-state index contributed by atoms with van der Waals surface area (Å²) >= 11 is 0. The van der Waals surface area contributed by atoms with Gasteiger partial charge in [0.1, 0.15) is 12.2 Å². The Morgan fingerprint density at radius 1 is 1.54 bits per heavy atom. The molecule has 2 rings (SSSR count). The van der Waals surface area contributed by atoms with E-state index in [1.54, 1.807) is 12.5 Å². The van der Waals surface area contributed by atoms with Gasteiger partial charge < -0.3 is 10.7 Å². The van der Waals surface area contributed by atoms with Crippen molar-refractivity contribution >= 4 is 0 Å². The Morgan fingerprint density at radius 2 is 2.46 bits per heavy atom. The van der Waals surface area contributed by atoms with Gasteiger partial charge in [-0.15, -0.1) is 0 Å². The average Bonchev–Trinajstić information content (AvgIpc) is 2.74. The summed E-state index contributed by atoms with van der Waals surface area (Å²) in [6, 6.07) is -0.164. The Bertz CT molecular complexity index is 337. The standard InChI is InChI=1S/C7H10N6/c8-6(7-11-4-12-13-7)1-5-2-9-3-10-5/h2-4,6H,1,8H2,(H,9,10)(H,11,12,13)/t6-/m0/s1. The Labute approximate surface area is 74.6 Å². The van der Waals surface area contributed by atoms with Crippen molar-refractivity contribution in [2.75, 3.05) is 0 Å². The van der Waals surface area contributed by atoms with Gasteiger partial charge in [-0.2, -0.15) is 5.10 Å². The highest BCUT2D eigenvalue weighted by Crippen LogP contribution is 2.08. The minimum atomic E-state index is -0.164. The van der Waals surface area contributed by atoms with Crippen LogP contribution >= 0.6 is 0 Å². The monoisotopic (exact) mass is 178 g/mol. The van der Waals surface area contributed by atoms with Gasteiger partial charge in [0.05, 0.1) is 12.4 Å². The summed E-state index contributed by atoms with van der Waals surface area (Å²) in [5.74, 6) is 0.689.